The summed E-state index contributed by atoms with van der Waals surface area (Å²) in [5, 5.41) is 9.07. The Morgan fingerprint density at radius 2 is 2.15 bits per heavy atom. The van der Waals surface area contributed by atoms with Gasteiger partial charge in [-0.15, -0.1) is 0 Å². The molecule has 1 aliphatic rings. The normalized spacial score (nSPS) is 18.3. The van der Waals surface area contributed by atoms with Crippen LogP contribution >= 0.6 is 0 Å². The Morgan fingerprint density at radius 1 is 1.45 bits per heavy atom. The van der Waals surface area contributed by atoms with E-state index in [-0.39, 0.29) is 19.1 Å². The summed E-state index contributed by atoms with van der Waals surface area (Å²) in [6, 6.07) is 1.86. The zero-order valence-corrected chi connectivity index (χ0v) is 12.4. The van der Waals surface area contributed by atoms with E-state index in [2.05, 4.69) is 9.71 Å². The fraction of sp³-hybridized carbons (Fsp3) is 0.615. The van der Waals surface area contributed by atoms with Crippen LogP contribution in [0, 0.1) is 12.8 Å². The molecular weight excluding hydrogens is 278 g/mol. The molecule has 112 valence electrons. The van der Waals surface area contributed by atoms with E-state index in [0.717, 1.165) is 11.1 Å². The lowest BCUT2D eigenvalue weighted by atomic mass is 10.00. The third-order valence-corrected chi connectivity index (χ3v) is 5.32. The summed E-state index contributed by atoms with van der Waals surface area (Å²) in [6.45, 7) is 3.25. The van der Waals surface area contributed by atoms with Gasteiger partial charge in [0.1, 0.15) is 0 Å². The van der Waals surface area contributed by atoms with Crippen molar-refractivity contribution in [2.24, 2.45) is 5.92 Å². The highest BCUT2D eigenvalue weighted by Crippen LogP contribution is 2.18. The van der Waals surface area contributed by atoms with E-state index in [0.29, 0.717) is 25.9 Å². The van der Waals surface area contributed by atoms with E-state index in [9.17, 15) is 8.42 Å². The minimum absolute atomic E-state index is 0.135. The fourth-order valence-corrected chi connectivity index (χ4v) is 3.49. The number of aryl methyl sites for hydroxylation is 1. The second kappa shape index (κ2) is 6.62. The quantitative estimate of drug-likeness (QED) is 0.826. The highest BCUT2D eigenvalue weighted by molar-refractivity contribution is 7.87. The van der Waals surface area contributed by atoms with E-state index in [1.165, 1.54) is 4.31 Å². The van der Waals surface area contributed by atoms with Crippen molar-refractivity contribution in [2.45, 2.75) is 26.3 Å². The molecule has 0 atom stereocenters. The standard InChI is InChI=1S/C13H21N3O3S/c1-11-2-5-14-8-13(11)9-15-20(18,19)16-6-3-12(10-17)4-7-16/h2,5,8,12,15,17H,3-4,6-7,9-10H2,1H3. The van der Waals surface area contributed by atoms with Crippen molar-refractivity contribution in [3.05, 3.63) is 29.6 Å². The van der Waals surface area contributed by atoms with Crippen molar-refractivity contribution >= 4 is 10.2 Å². The lowest BCUT2D eigenvalue weighted by molar-refractivity contribution is 0.169. The second-order valence-corrected chi connectivity index (χ2v) is 6.91. The monoisotopic (exact) mass is 299 g/mol. The Labute approximate surface area is 120 Å². The molecular formula is C13H21N3O3S. The molecule has 0 unspecified atom stereocenters. The largest absolute Gasteiger partial charge is 0.396 e. The summed E-state index contributed by atoms with van der Waals surface area (Å²) < 4.78 is 28.5. The van der Waals surface area contributed by atoms with Crippen molar-refractivity contribution in [3.63, 3.8) is 0 Å². The number of aliphatic hydroxyl groups is 1. The first-order valence-electron chi connectivity index (χ1n) is 6.78. The average Bonchev–Trinajstić information content (AvgIpc) is 2.46. The molecule has 1 aliphatic heterocycles. The Bertz CT molecular complexity index is 540. The summed E-state index contributed by atoms with van der Waals surface area (Å²) >= 11 is 0. The number of aliphatic hydroxyl groups excluding tert-OH is 1. The first kappa shape index (κ1) is 15.4. The van der Waals surface area contributed by atoms with E-state index in [1.807, 2.05) is 13.0 Å². The maximum absolute atomic E-state index is 12.2. The number of nitrogens with zero attached hydrogens (tertiary/aromatic N) is 2. The van der Waals surface area contributed by atoms with E-state index < -0.39 is 10.2 Å². The third kappa shape index (κ3) is 3.76. The number of hydrogen-bond donors (Lipinski definition) is 2. The zero-order valence-electron chi connectivity index (χ0n) is 11.6. The van der Waals surface area contributed by atoms with Gasteiger partial charge in [-0.05, 0) is 42.9 Å². The molecule has 0 saturated carbocycles. The molecule has 0 aromatic carbocycles. The molecule has 0 aliphatic carbocycles. The van der Waals surface area contributed by atoms with Gasteiger partial charge in [0.05, 0.1) is 0 Å². The number of nitrogens with one attached hydrogen (secondary N) is 1. The molecule has 2 rings (SSSR count). The maximum atomic E-state index is 12.2. The first-order valence-corrected chi connectivity index (χ1v) is 8.22. The summed E-state index contributed by atoms with van der Waals surface area (Å²) in [7, 11) is -3.46. The van der Waals surface area contributed by atoms with Crippen LogP contribution < -0.4 is 4.72 Å². The number of aromatic nitrogens is 1. The van der Waals surface area contributed by atoms with Gasteiger partial charge in [-0.2, -0.15) is 17.4 Å². The lowest BCUT2D eigenvalue weighted by Gasteiger charge is -2.30. The molecule has 1 aromatic rings. The van der Waals surface area contributed by atoms with Gasteiger partial charge in [-0.25, -0.2) is 0 Å². The Balaban J connectivity index is 1.93. The smallest absolute Gasteiger partial charge is 0.279 e. The van der Waals surface area contributed by atoms with E-state index in [4.69, 9.17) is 5.11 Å². The van der Waals surface area contributed by atoms with Crippen LogP contribution in [-0.2, 0) is 16.8 Å². The van der Waals surface area contributed by atoms with Crippen molar-refractivity contribution in [2.75, 3.05) is 19.7 Å². The number of rotatable bonds is 5. The van der Waals surface area contributed by atoms with Gasteiger partial charge < -0.3 is 5.11 Å². The predicted octanol–water partition coefficient (Wildman–Crippen LogP) is 0.429. The van der Waals surface area contributed by atoms with Crippen molar-refractivity contribution < 1.29 is 13.5 Å². The molecule has 20 heavy (non-hydrogen) atoms. The lowest BCUT2D eigenvalue weighted by Crippen LogP contribution is -2.45. The van der Waals surface area contributed by atoms with Gasteiger partial charge in [0.2, 0.25) is 0 Å². The van der Waals surface area contributed by atoms with Gasteiger partial charge >= 0.3 is 0 Å². The van der Waals surface area contributed by atoms with E-state index >= 15 is 0 Å². The SMILES string of the molecule is Cc1ccncc1CNS(=O)(=O)N1CCC(CO)CC1. The molecule has 0 radical (unpaired) electrons. The van der Waals surface area contributed by atoms with Crippen molar-refractivity contribution in [3.8, 4) is 0 Å². The van der Waals surface area contributed by atoms with Crippen molar-refractivity contribution in [1.82, 2.24) is 14.0 Å². The second-order valence-electron chi connectivity index (χ2n) is 5.15. The molecule has 6 nitrogen and oxygen atoms in total. The molecule has 0 amide bonds. The van der Waals surface area contributed by atoms with Gasteiger partial charge in [-0.3, -0.25) is 4.98 Å². The predicted molar refractivity (Wildman–Crippen MR) is 76.1 cm³/mol. The minimum Gasteiger partial charge on any atom is -0.396 e. The molecule has 2 N–H and O–H groups in total. The summed E-state index contributed by atoms with van der Waals surface area (Å²) in [4.78, 5) is 4.00. The van der Waals surface area contributed by atoms with Gasteiger partial charge in [0.15, 0.2) is 0 Å². The van der Waals surface area contributed by atoms with Crippen LogP contribution in [-0.4, -0.2) is 42.5 Å². The van der Waals surface area contributed by atoms with Crippen LogP contribution in [0.5, 0.6) is 0 Å². The van der Waals surface area contributed by atoms with Crippen LogP contribution in [0.2, 0.25) is 0 Å². The number of hydrogen-bond acceptors (Lipinski definition) is 4. The Kier molecular flexibility index (Phi) is 5.09. The van der Waals surface area contributed by atoms with Crippen LogP contribution in [0.1, 0.15) is 24.0 Å². The molecule has 0 bridgehead atoms. The number of piperidine rings is 1. The Morgan fingerprint density at radius 3 is 2.75 bits per heavy atom. The first-order chi connectivity index (χ1) is 9.53. The van der Waals surface area contributed by atoms with Crippen LogP contribution in [0.4, 0.5) is 0 Å². The summed E-state index contributed by atoms with van der Waals surface area (Å²) in [6.07, 6.45) is 4.79. The van der Waals surface area contributed by atoms with Crippen LogP contribution in [0.25, 0.3) is 0 Å². The topological polar surface area (TPSA) is 82.5 Å². The molecule has 1 saturated heterocycles. The van der Waals surface area contributed by atoms with Gasteiger partial charge in [-0.1, -0.05) is 0 Å². The van der Waals surface area contributed by atoms with Crippen LogP contribution in [0.3, 0.4) is 0 Å². The summed E-state index contributed by atoms with van der Waals surface area (Å²) in [5.74, 6) is 0.224. The molecule has 2 heterocycles. The van der Waals surface area contributed by atoms with Gasteiger partial charge in [0, 0.05) is 38.6 Å². The third-order valence-electron chi connectivity index (χ3n) is 3.76. The zero-order chi connectivity index (χ0) is 14.6. The van der Waals surface area contributed by atoms with Gasteiger partial charge in [0.25, 0.3) is 10.2 Å². The average molecular weight is 299 g/mol. The highest BCUT2D eigenvalue weighted by atomic mass is 32.2. The van der Waals surface area contributed by atoms with E-state index in [1.54, 1.807) is 12.4 Å². The number of pyridine rings is 1. The summed E-state index contributed by atoms with van der Waals surface area (Å²) in [5.41, 5.74) is 1.89. The highest BCUT2D eigenvalue weighted by Gasteiger charge is 2.27. The maximum Gasteiger partial charge on any atom is 0.279 e. The van der Waals surface area contributed by atoms with Crippen LogP contribution in [0.15, 0.2) is 18.5 Å². The fourth-order valence-electron chi connectivity index (χ4n) is 2.27. The molecule has 7 heteroatoms. The Hall–Kier alpha value is -1.02. The van der Waals surface area contributed by atoms with Crippen molar-refractivity contribution in [1.29, 1.82) is 0 Å². The molecule has 1 fully saturated rings. The molecule has 1 aromatic heterocycles. The minimum atomic E-state index is -3.46. The molecule has 0 spiro atoms.